The van der Waals surface area contributed by atoms with Gasteiger partial charge in [-0.2, -0.15) is 0 Å². The lowest BCUT2D eigenvalue weighted by molar-refractivity contribution is -0.384. The Morgan fingerprint density at radius 2 is 1.64 bits per heavy atom. The first-order valence-electron chi connectivity index (χ1n) is 9.89. The lowest BCUT2D eigenvalue weighted by Gasteiger charge is -2.16. The zero-order chi connectivity index (χ0) is 23.5. The molecule has 0 spiro atoms. The van der Waals surface area contributed by atoms with Crippen molar-refractivity contribution in [1.29, 1.82) is 0 Å². The van der Waals surface area contributed by atoms with E-state index in [0.717, 1.165) is 4.90 Å². The van der Waals surface area contributed by atoms with E-state index >= 15 is 0 Å². The van der Waals surface area contributed by atoms with Crippen LogP contribution in [0, 0.1) is 15.9 Å². The Hall–Kier alpha value is -4.53. The Morgan fingerprint density at radius 3 is 2.30 bits per heavy atom. The molecule has 0 aliphatic carbocycles. The number of non-ortho nitro benzene ring substituents is 1. The van der Waals surface area contributed by atoms with Crippen molar-refractivity contribution in [3.63, 3.8) is 0 Å². The van der Waals surface area contributed by atoms with Crippen LogP contribution in [0.1, 0.15) is 11.1 Å². The summed E-state index contributed by atoms with van der Waals surface area (Å²) >= 11 is 0. The van der Waals surface area contributed by atoms with Crippen LogP contribution < -0.4 is 10.1 Å². The average molecular weight is 447 g/mol. The van der Waals surface area contributed by atoms with E-state index in [0.29, 0.717) is 17.0 Å². The highest BCUT2D eigenvalue weighted by molar-refractivity contribution is 6.36. The largest absolute Gasteiger partial charge is 0.495 e. The number of nitro groups is 1. The Morgan fingerprint density at radius 1 is 0.970 bits per heavy atom. The number of nitrogens with zero attached hydrogens (tertiary/aromatic N) is 2. The molecule has 33 heavy (non-hydrogen) atoms. The minimum Gasteiger partial charge on any atom is -0.495 e. The molecule has 0 fully saturated rings. The molecule has 0 atom stereocenters. The first-order chi connectivity index (χ1) is 15.9. The second-order valence-corrected chi connectivity index (χ2v) is 7.17. The summed E-state index contributed by atoms with van der Waals surface area (Å²) < 4.78 is 19.5. The summed E-state index contributed by atoms with van der Waals surface area (Å²) in [5.74, 6) is -1.39. The van der Waals surface area contributed by atoms with Gasteiger partial charge in [-0.3, -0.25) is 24.6 Å². The molecule has 0 unspecified atom stereocenters. The number of imide groups is 1. The third-order valence-electron chi connectivity index (χ3n) is 5.19. The maximum atomic E-state index is 14.2. The second-order valence-electron chi connectivity index (χ2n) is 7.17. The van der Waals surface area contributed by atoms with E-state index < -0.39 is 22.6 Å². The lowest BCUT2D eigenvalue weighted by Crippen LogP contribution is -2.32. The maximum Gasteiger partial charge on any atom is 0.278 e. The van der Waals surface area contributed by atoms with Crippen LogP contribution in [0.3, 0.4) is 0 Å². The molecule has 9 heteroatoms. The van der Waals surface area contributed by atoms with Gasteiger partial charge >= 0.3 is 0 Å². The zero-order valence-electron chi connectivity index (χ0n) is 17.4. The molecular formula is C24H18FN3O5. The molecule has 3 aromatic carbocycles. The van der Waals surface area contributed by atoms with Gasteiger partial charge in [-0.1, -0.05) is 30.3 Å². The van der Waals surface area contributed by atoms with Gasteiger partial charge in [-0.15, -0.1) is 0 Å². The van der Waals surface area contributed by atoms with Crippen LogP contribution in [0.2, 0.25) is 0 Å². The normalized spacial score (nSPS) is 13.5. The molecule has 0 saturated heterocycles. The molecule has 3 aromatic rings. The number of anilines is 1. The number of ether oxygens (including phenoxy) is 1. The van der Waals surface area contributed by atoms with Crippen LogP contribution >= 0.6 is 0 Å². The lowest BCUT2D eigenvalue weighted by atomic mass is 10.0. The van der Waals surface area contributed by atoms with Gasteiger partial charge in [0.2, 0.25) is 0 Å². The molecule has 0 saturated carbocycles. The predicted octanol–water partition coefficient (Wildman–Crippen LogP) is 4.13. The van der Waals surface area contributed by atoms with E-state index in [4.69, 9.17) is 4.74 Å². The van der Waals surface area contributed by atoms with E-state index in [1.807, 2.05) is 0 Å². The summed E-state index contributed by atoms with van der Waals surface area (Å²) in [5.41, 5.74) is 0.780. The SMILES string of the molecule is COc1ccccc1NC1=C(c2ccc([N+](=O)[O-])cc2)C(=O)N(Cc2ccccc2F)C1=O. The van der Waals surface area contributed by atoms with Crippen molar-refractivity contribution < 1.29 is 23.6 Å². The fourth-order valence-corrected chi connectivity index (χ4v) is 3.53. The molecule has 0 bridgehead atoms. The van der Waals surface area contributed by atoms with Crippen molar-refractivity contribution >= 4 is 28.8 Å². The number of para-hydroxylation sites is 2. The van der Waals surface area contributed by atoms with E-state index in [2.05, 4.69) is 5.32 Å². The van der Waals surface area contributed by atoms with E-state index in [1.165, 1.54) is 49.6 Å². The highest BCUT2D eigenvalue weighted by Crippen LogP contribution is 2.34. The maximum absolute atomic E-state index is 14.2. The minimum absolute atomic E-state index is 0.0251. The summed E-state index contributed by atoms with van der Waals surface area (Å²) in [6.07, 6.45) is 0. The Labute approximate surface area is 188 Å². The Kier molecular flexibility index (Phi) is 5.86. The number of carbonyl (C=O) groups excluding carboxylic acids is 2. The molecule has 4 rings (SSSR count). The standard InChI is InChI=1S/C24H18FN3O5/c1-33-20-9-5-4-8-19(20)26-22-21(15-10-12-17(13-11-15)28(31)32)23(29)27(24(22)30)14-16-6-2-3-7-18(16)25/h2-13,26H,14H2,1H3. The second kappa shape index (κ2) is 8.91. The third-order valence-corrected chi connectivity index (χ3v) is 5.19. The highest BCUT2D eigenvalue weighted by atomic mass is 19.1. The number of benzene rings is 3. The number of hydrogen-bond donors (Lipinski definition) is 1. The van der Waals surface area contributed by atoms with Gasteiger partial charge in [0.15, 0.2) is 0 Å². The number of halogens is 1. The molecule has 1 aliphatic rings. The molecule has 1 aliphatic heterocycles. The van der Waals surface area contributed by atoms with Gasteiger partial charge in [-0.05, 0) is 35.9 Å². The van der Waals surface area contributed by atoms with E-state index in [9.17, 15) is 24.1 Å². The van der Waals surface area contributed by atoms with Crippen molar-refractivity contribution in [2.24, 2.45) is 0 Å². The van der Waals surface area contributed by atoms with Crippen LogP contribution in [0.5, 0.6) is 5.75 Å². The highest BCUT2D eigenvalue weighted by Gasteiger charge is 2.40. The van der Waals surface area contributed by atoms with Crippen molar-refractivity contribution in [1.82, 2.24) is 4.90 Å². The Balaban J connectivity index is 1.78. The average Bonchev–Trinajstić information content (AvgIpc) is 3.05. The van der Waals surface area contributed by atoms with Crippen LogP contribution in [0.4, 0.5) is 15.8 Å². The first-order valence-corrected chi connectivity index (χ1v) is 9.89. The summed E-state index contributed by atoms with van der Waals surface area (Å²) in [5, 5.41) is 14.0. The van der Waals surface area contributed by atoms with E-state index in [-0.39, 0.29) is 29.1 Å². The Bertz CT molecular complexity index is 1290. The summed E-state index contributed by atoms with van der Waals surface area (Å²) in [6, 6.07) is 18.0. The zero-order valence-corrected chi connectivity index (χ0v) is 17.4. The van der Waals surface area contributed by atoms with Gasteiger partial charge < -0.3 is 10.1 Å². The molecule has 0 aromatic heterocycles. The van der Waals surface area contributed by atoms with Gasteiger partial charge in [-0.25, -0.2) is 4.39 Å². The monoisotopic (exact) mass is 447 g/mol. The van der Waals surface area contributed by atoms with Crippen LogP contribution in [0.25, 0.3) is 5.57 Å². The fraction of sp³-hybridized carbons (Fsp3) is 0.0833. The van der Waals surface area contributed by atoms with Crippen LogP contribution in [0.15, 0.2) is 78.5 Å². The molecule has 1 N–H and O–H groups in total. The number of nitrogens with one attached hydrogen (secondary N) is 1. The van der Waals surface area contributed by atoms with Crippen molar-refractivity contribution in [3.8, 4) is 5.75 Å². The van der Waals surface area contributed by atoms with Crippen molar-refractivity contribution in [2.75, 3.05) is 12.4 Å². The van der Waals surface area contributed by atoms with Gasteiger partial charge in [0, 0.05) is 17.7 Å². The topological polar surface area (TPSA) is 102 Å². The fourth-order valence-electron chi connectivity index (χ4n) is 3.53. The number of methoxy groups -OCH3 is 1. The summed E-state index contributed by atoms with van der Waals surface area (Å²) in [7, 11) is 1.47. The molecule has 166 valence electrons. The number of amides is 2. The van der Waals surface area contributed by atoms with Gasteiger partial charge in [0.25, 0.3) is 17.5 Å². The molecule has 8 nitrogen and oxygen atoms in total. The summed E-state index contributed by atoms with van der Waals surface area (Å²) in [6.45, 7) is -0.266. The first kappa shape index (κ1) is 21.7. The number of hydrogen-bond acceptors (Lipinski definition) is 6. The number of nitro benzene ring substituents is 1. The summed E-state index contributed by atoms with van der Waals surface area (Å²) in [4.78, 5) is 38.0. The smallest absolute Gasteiger partial charge is 0.278 e. The number of carbonyl (C=O) groups is 2. The predicted molar refractivity (Wildman–Crippen MR) is 119 cm³/mol. The minimum atomic E-state index is -0.650. The van der Waals surface area contributed by atoms with Gasteiger partial charge in [0.05, 0.1) is 29.8 Å². The number of rotatable bonds is 7. The molecular weight excluding hydrogens is 429 g/mol. The van der Waals surface area contributed by atoms with E-state index in [1.54, 1.807) is 30.3 Å². The van der Waals surface area contributed by atoms with Gasteiger partial charge in [0.1, 0.15) is 17.3 Å². The third kappa shape index (κ3) is 4.16. The van der Waals surface area contributed by atoms with Crippen molar-refractivity contribution in [3.05, 3.63) is 106 Å². The van der Waals surface area contributed by atoms with Crippen LogP contribution in [-0.2, 0) is 16.1 Å². The molecule has 0 radical (unpaired) electrons. The molecule has 1 heterocycles. The quantitative estimate of drug-likeness (QED) is 0.332. The van der Waals surface area contributed by atoms with Crippen molar-refractivity contribution in [2.45, 2.75) is 6.54 Å². The molecule has 2 amide bonds. The van der Waals surface area contributed by atoms with Crippen LogP contribution in [-0.4, -0.2) is 28.7 Å².